The lowest BCUT2D eigenvalue weighted by molar-refractivity contribution is 0.596. The molecule has 3 nitrogen and oxygen atoms in total. The monoisotopic (exact) mass is 255 g/mol. The van der Waals surface area contributed by atoms with Gasteiger partial charge in [-0.2, -0.15) is 0 Å². The van der Waals surface area contributed by atoms with Crippen molar-refractivity contribution in [3.63, 3.8) is 0 Å². The third kappa shape index (κ3) is 2.20. The average Bonchev–Trinajstić information content (AvgIpc) is 2.56. The minimum absolute atomic E-state index is 0.0374. The second-order valence-corrected chi connectivity index (χ2v) is 6.43. The fourth-order valence-corrected chi connectivity index (χ4v) is 2.86. The fraction of sp³-hybridized carbons (Fsp3) is 0.333. The van der Waals surface area contributed by atoms with Gasteiger partial charge in [0.25, 0.3) is 0 Å². The number of halogens is 1. The van der Waals surface area contributed by atoms with Gasteiger partial charge in [0.2, 0.25) is 0 Å². The van der Waals surface area contributed by atoms with Gasteiger partial charge in [-0.25, -0.2) is 12.8 Å². The number of nitrogens with zero attached hydrogens (tertiary/aromatic N) is 1. The van der Waals surface area contributed by atoms with Crippen molar-refractivity contribution in [1.29, 1.82) is 0 Å². The van der Waals surface area contributed by atoms with Crippen LogP contribution in [0, 0.1) is 5.82 Å². The first-order chi connectivity index (χ1) is 7.94. The smallest absolute Gasteiger partial charge is 0.154 e. The van der Waals surface area contributed by atoms with Crippen LogP contribution in [0.4, 0.5) is 4.39 Å². The van der Waals surface area contributed by atoms with Crippen LogP contribution in [0.25, 0.3) is 10.9 Å². The molecular formula is C12H14FNO2S. The van der Waals surface area contributed by atoms with Gasteiger partial charge in [0, 0.05) is 24.4 Å². The summed E-state index contributed by atoms with van der Waals surface area (Å²) in [5, 5.41) is 0.671. The van der Waals surface area contributed by atoms with E-state index in [-0.39, 0.29) is 17.3 Å². The van der Waals surface area contributed by atoms with E-state index in [2.05, 4.69) is 0 Å². The number of aryl methyl sites for hydroxylation is 1. The van der Waals surface area contributed by atoms with E-state index in [0.717, 1.165) is 0 Å². The van der Waals surface area contributed by atoms with Crippen molar-refractivity contribution in [3.05, 3.63) is 35.8 Å². The molecule has 17 heavy (non-hydrogen) atoms. The minimum atomic E-state index is -3.10. The number of sulfone groups is 1. The van der Waals surface area contributed by atoms with Crippen molar-refractivity contribution in [2.75, 3.05) is 5.75 Å². The average molecular weight is 255 g/mol. The molecule has 0 fully saturated rings. The van der Waals surface area contributed by atoms with Gasteiger partial charge in [0.15, 0.2) is 9.84 Å². The largest absolute Gasteiger partial charge is 0.348 e. The molecular weight excluding hydrogens is 241 g/mol. The van der Waals surface area contributed by atoms with Crippen molar-refractivity contribution in [2.24, 2.45) is 7.05 Å². The first-order valence-electron chi connectivity index (χ1n) is 5.37. The van der Waals surface area contributed by atoms with Crippen LogP contribution >= 0.6 is 0 Å². The van der Waals surface area contributed by atoms with Crippen molar-refractivity contribution in [3.8, 4) is 0 Å². The van der Waals surface area contributed by atoms with Gasteiger partial charge >= 0.3 is 0 Å². The van der Waals surface area contributed by atoms with Crippen LogP contribution in [0.1, 0.15) is 12.5 Å². The molecule has 0 amide bonds. The fourth-order valence-electron chi connectivity index (χ4n) is 1.95. The highest BCUT2D eigenvalue weighted by atomic mass is 32.2. The zero-order chi connectivity index (χ0) is 12.6. The van der Waals surface area contributed by atoms with Crippen molar-refractivity contribution in [2.45, 2.75) is 12.7 Å². The summed E-state index contributed by atoms with van der Waals surface area (Å²) in [7, 11) is -1.38. The molecule has 92 valence electrons. The summed E-state index contributed by atoms with van der Waals surface area (Å²) in [5.41, 5.74) is 1.11. The minimum Gasteiger partial charge on any atom is -0.348 e. The third-order valence-corrected chi connectivity index (χ3v) is 4.48. The van der Waals surface area contributed by atoms with Gasteiger partial charge in [-0.05, 0) is 11.6 Å². The highest BCUT2D eigenvalue weighted by molar-refractivity contribution is 7.90. The maximum Gasteiger partial charge on any atom is 0.154 e. The Morgan fingerprint density at radius 3 is 2.71 bits per heavy atom. The Kier molecular flexibility index (Phi) is 2.95. The van der Waals surface area contributed by atoms with Crippen LogP contribution in [0.3, 0.4) is 0 Å². The zero-order valence-electron chi connectivity index (χ0n) is 9.77. The molecule has 2 rings (SSSR count). The first-order valence-corrected chi connectivity index (χ1v) is 7.19. The lowest BCUT2D eigenvalue weighted by Gasteiger charge is -1.99. The Balaban J connectivity index is 2.61. The van der Waals surface area contributed by atoms with Gasteiger partial charge in [0.1, 0.15) is 5.82 Å². The maximum atomic E-state index is 13.6. The standard InChI is InChI=1S/C12H14FNO2S/c1-3-17(15,16)8-9-7-14(2)12-10(9)5-4-6-11(12)13/h4-7H,3,8H2,1-2H3. The Bertz CT molecular complexity index is 658. The molecule has 0 aliphatic heterocycles. The van der Waals surface area contributed by atoms with E-state index in [1.165, 1.54) is 6.07 Å². The quantitative estimate of drug-likeness (QED) is 0.843. The van der Waals surface area contributed by atoms with Crippen LogP contribution in [-0.2, 0) is 22.6 Å². The predicted octanol–water partition coefficient (Wildman–Crippen LogP) is 2.25. The Hall–Kier alpha value is -1.36. The van der Waals surface area contributed by atoms with Gasteiger partial charge in [0.05, 0.1) is 11.3 Å². The van der Waals surface area contributed by atoms with Gasteiger partial charge in [-0.3, -0.25) is 0 Å². The number of rotatable bonds is 3. The van der Waals surface area contributed by atoms with E-state index in [4.69, 9.17) is 0 Å². The summed E-state index contributed by atoms with van der Waals surface area (Å²) in [6, 6.07) is 4.72. The summed E-state index contributed by atoms with van der Waals surface area (Å²) >= 11 is 0. The van der Waals surface area contributed by atoms with E-state index < -0.39 is 9.84 Å². The first kappa shape index (κ1) is 12.1. The molecule has 0 aliphatic rings. The summed E-state index contributed by atoms with van der Waals surface area (Å²) in [5.74, 6) is -0.270. The summed E-state index contributed by atoms with van der Waals surface area (Å²) in [4.78, 5) is 0. The Labute approximate surface area is 99.8 Å². The SMILES string of the molecule is CCS(=O)(=O)Cc1cn(C)c2c(F)cccc12. The normalized spacial score (nSPS) is 12.2. The van der Waals surface area contributed by atoms with Gasteiger partial charge < -0.3 is 4.57 Å². The Morgan fingerprint density at radius 2 is 2.06 bits per heavy atom. The molecule has 0 saturated heterocycles. The number of aromatic nitrogens is 1. The van der Waals surface area contributed by atoms with E-state index in [1.807, 2.05) is 0 Å². The summed E-state index contributed by atoms with van der Waals surface area (Å²) in [6.45, 7) is 1.61. The maximum absolute atomic E-state index is 13.6. The van der Waals surface area contributed by atoms with Crippen LogP contribution < -0.4 is 0 Å². The number of hydrogen-bond acceptors (Lipinski definition) is 2. The number of fused-ring (bicyclic) bond motifs is 1. The molecule has 0 aliphatic carbocycles. The highest BCUT2D eigenvalue weighted by Crippen LogP contribution is 2.24. The molecule has 1 heterocycles. The van der Waals surface area contributed by atoms with E-state index in [1.54, 1.807) is 36.9 Å². The zero-order valence-corrected chi connectivity index (χ0v) is 10.6. The highest BCUT2D eigenvalue weighted by Gasteiger charge is 2.15. The van der Waals surface area contributed by atoms with Crippen LogP contribution in [0.2, 0.25) is 0 Å². The molecule has 0 atom stereocenters. The second kappa shape index (κ2) is 4.14. The molecule has 1 aromatic carbocycles. The number of benzene rings is 1. The third-order valence-electron chi connectivity index (χ3n) is 2.85. The molecule has 5 heteroatoms. The summed E-state index contributed by atoms with van der Waals surface area (Å²) < 4.78 is 38.4. The molecule has 0 spiro atoms. The molecule has 0 unspecified atom stereocenters. The van der Waals surface area contributed by atoms with Gasteiger partial charge in [-0.15, -0.1) is 0 Å². The molecule has 2 aromatic rings. The van der Waals surface area contributed by atoms with Crippen LogP contribution in [-0.4, -0.2) is 18.7 Å². The van der Waals surface area contributed by atoms with E-state index in [0.29, 0.717) is 16.5 Å². The van der Waals surface area contributed by atoms with Crippen LogP contribution in [0.5, 0.6) is 0 Å². The lowest BCUT2D eigenvalue weighted by atomic mass is 10.2. The number of hydrogen-bond donors (Lipinski definition) is 0. The second-order valence-electron chi connectivity index (χ2n) is 4.08. The molecule has 0 radical (unpaired) electrons. The molecule has 0 N–H and O–H groups in total. The van der Waals surface area contributed by atoms with Crippen molar-refractivity contribution in [1.82, 2.24) is 4.57 Å². The molecule has 1 aromatic heterocycles. The molecule has 0 saturated carbocycles. The van der Waals surface area contributed by atoms with Crippen LogP contribution in [0.15, 0.2) is 24.4 Å². The Morgan fingerprint density at radius 1 is 1.35 bits per heavy atom. The van der Waals surface area contributed by atoms with E-state index in [9.17, 15) is 12.8 Å². The van der Waals surface area contributed by atoms with Crippen molar-refractivity contribution >= 4 is 20.7 Å². The number of para-hydroxylation sites is 1. The van der Waals surface area contributed by atoms with Gasteiger partial charge in [-0.1, -0.05) is 19.1 Å². The predicted molar refractivity (Wildman–Crippen MR) is 66.0 cm³/mol. The summed E-state index contributed by atoms with van der Waals surface area (Å²) in [6.07, 6.45) is 1.68. The van der Waals surface area contributed by atoms with Crippen molar-refractivity contribution < 1.29 is 12.8 Å². The topological polar surface area (TPSA) is 39.1 Å². The molecule has 0 bridgehead atoms. The van der Waals surface area contributed by atoms with E-state index >= 15 is 0 Å². The lowest BCUT2D eigenvalue weighted by Crippen LogP contribution is -2.06.